The molecule has 5 aromatic rings. The van der Waals surface area contributed by atoms with Gasteiger partial charge in [-0.05, 0) is 12.1 Å². The molecule has 188 valence electrons. The number of halogens is 4. The molecule has 0 aliphatic rings. The number of fused-ring (bicyclic) bond motifs is 1. The monoisotopic (exact) mass is 511 g/mol. The first-order chi connectivity index (χ1) is 17.9. The van der Waals surface area contributed by atoms with E-state index in [0.717, 1.165) is 12.1 Å². The SMILES string of the molecule is Oc1cnc(-c2nn(Cc3c(F)cc(OCC(F)F)cc3F)c3ccccc23)nc1Nc1ccncn1. The van der Waals surface area contributed by atoms with Gasteiger partial charge in [0.1, 0.15) is 41.8 Å². The summed E-state index contributed by atoms with van der Waals surface area (Å²) in [6, 6.07) is 10.2. The first-order valence-corrected chi connectivity index (χ1v) is 10.8. The summed E-state index contributed by atoms with van der Waals surface area (Å²) >= 11 is 0. The molecule has 0 amide bonds. The van der Waals surface area contributed by atoms with Crippen molar-refractivity contribution in [3.8, 4) is 23.0 Å². The highest BCUT2D eigenvalue weighted by molar-refractivity contribution is 5.92. The lowest BCUT2D eigenvalue weighted by Crippen LogP contribution is -2.10. The van der Waals surface area contributed by atoms with Crippen LogP contribution in [0.5, 0.6) is 11.5 Å². The van der Waals surface area contributed by atoms with Gasteiger partial charge in [-0.2, -0.15) is 5.10 Å². The summed E-state index contributed by atoms with van der Waals surface area (Å²) in [5.74, 6) is -1.92. The molecule has 37 heavy (non-hydrogen) atoms. The normalized spacial score (nSPS) is 11.3. The first kappa shape index (κ1) is 23.9. The van der Waals surface area contributed by atoms with Crippen LogP contribution in [-0.2, 0) is 6.54 Å². The van der Waals surface area contributed by atoms with Crippen molar-refractivity contribution >= 4 is 22.5 Å². The second-order valence-electron chi connectivity index (χ2n) is 7.74. The quantitative estimate of drug-likeness (QED) is 0.289. The number of alkyl halides is 2. The van der Waals surface area contributed by atoms with Crippen LogP contribution in [0.25, 0.3) is 22.4 Å². The summed E-state index contributed by atoms with van der Waals surface area (Å²) < 4.78 is 60.3. The average molecular weight is 511 g/mol. The third-order valence-corrected chi connectivity index (χ3v) is 5.27. The maximum Gasteiger partial charge on any atom is 0.272 e. The number of nitrogens with one attached hydrogen (secondary N) is 1. The summed E-state index contributed by atoms with van der Waals surface area (Å²) in [6.45, 7) is -1.29. The van der Waals surface area contributed by atoms with Crippen LogP contribution in [0.15, 0.2) is 61.2 Å². The van der Waals surface area contributed by atoms with Gasteiger partial charge in [0.05, 0.1) is 18.3 Å². The van der Waals surface area contributed by atoms with Gasteiger partial charge >= 0.3 is 0 Å². The Labute approximate surface area is 206 Å². The van der Waals surface area contributed by atoms with Gasteiger partial charge in [-0.15, -0.1) is 0 Å². The molecule has 0 aliphatic heterocycles. The Morgan fingerprint density at radius 2 is 1.84 bits per heavy atom. The van der Waals surface area contributed by atoms with E-state index in [1.165, 1.54) is 23.4 Å². The van der Waals surface area contributed by atoms with Crippen LogP contribution < -0.4 is 10.1 Å². The maximum atomic E-state index is 14.7. The van der Waals surface area contributed by atoms with Gasteiger partial charge in [-0.3, -0.25) is 4.68 Å². The topological polar surface area (TPSA) is 111 Å². The number of anilines is 2. The lowest BCUT2D eigenvalue weighted by Gasteiger charge is -2.10. The van der Waals surface area contributed by atoms with Crippen molar-refractivity contribution in [1.29, 1.82) is 0 Å². The van der Waals surface area contributed by atoms with Gasteiger partial charge in [0, 0.05) is 29.3 Å². The molecule has 0 unspecified atom stereocenters. The third-order valence-electron chi connectivity index (χ3n) is 5.27. The van der Waals surface area contributed by atoms with E-state index in [-0.39, 0.29) is 35.2 Å². The minimum atomic E-state index is -2.78. The van der Waals surface area contributed by atoms with Crippen LogP contribution in [0.3, 0.4) is 0 Å². The van der Waals surface area contributed by atoms with E-state index in [2.05, 4.69) is 30.4 Å². The molecule has 2 aromatic carbocycles. The molecule has 5 rings (SSSR count). The molecule has 13 heteroatoms. The number of hydrogen-bond donors (Lipinski definition) is 2. The predicted octanol–water partition coefficient (Wildman–Crippen LogP) is 4.70. The number of aromatic nitrogens is 6. The highest BCUT2D eigenvalue weighted by Gasteiger charge is 2.20. The van der Waals surface area contributed by atoms with Crippen LogP contribution in [0.4, 0.5) is 29.2 Å². The van der Waals surface area contributed by atoms with Gasteiger partial charge in [0.2, 0.25) is 0 Å². The molecule has 0 fully saturated rings. The van der Waals surface area contributed by atoms with E-state index in [1.807, 2.05) is 0 Å². The minimum Gasteiger partial charge on any atom is -0.503 e. The summed E-state index contributed by atoms with van der Waals surface area (Å²) in [5, 5.41) is 18.2. The van der Waals surface area contributed by atoms with Gasteiger partial charge in [0.25, 0.3) is 6.43 Å². The van der Waals surface area contributed by atoms with E-state index in [1.54, 1.807) is 30.3 Å². The molecule has 0 radical (unpaired) electrons. The first-order valence-electron chi connectivity index (χ1n) is 10.8. The van der Waals surface area contributed by atoms with E-state index in [0.29, 0.717) is 22.4 Å². The van der Waals surface area contributed by atoms with Crippen molar-refractivity contribution in [2.24, 2.45) is 0 Å². The summed E-state index contributed by atoms with van der Waals surface area (Å²) in [7, 11) is 0. The number of ether oxygens (including phenoxy) is 1. The molecular weight excluding hydrogens is 494 g/mol. The zero-order chi connectivity index (χ0) is 25.9. The van der Waals surface area contributed by atoms with Crippen molar-refractivity contribution in [2.75, 3.05) is 11.9 Å². The minimum absolute atomic E-state index is 0.0683. The number of aromatic hydroxyl groups is 1. The molecule has 0 saturated carbocycles. The Balaban J connectivity index is 1.51. The number of nitrogens with zero attached hydrogens (tertiary/aromatic N) is 6. The van der Waals surface area contributed by atoms with E-state index in [9.17, 15) is 22.7 Å². The largest absolute Gasteiger partial charge is 0.503 e. The zero-order valence-corrected chi connectivity index (χ0v) is 18.8. The molecule has 0 spiro atoms. The number of benzene rings is 2. The molecule has 9 nitrogen and oxygen atoms in total. The molecular formula is C24H17F4N7O2. The lowest BCUT2D eigenvalue weighted by molar-refractivity contribution is 0.0815. The second kappa shape index (κ2) is 10.0. The summed E-state index contributed by atoms with van der Waals surface area (Å²) in [4.78, 5) is 16.4. The van der Waals surface area contributed by atoms with Crippen molar-refractivity contribution in [3.05, 3.63) is 78.4 Å². The fraction of sp³-hybridized carbons (Fsp3) is 0.125. The predicted molar refractivity (Wildman–Crippen MR) is 125 cm³/mol. The van der Waals surface area contributed by atoms with E-state index >= 15 is 0 Å². The van der Waals surface area contributed by atoms with Crippen LogP contribution in [0.2, 0.25) is 0 Å². The van der Waals surface area contributed by atoms with Crippen molar-refractivity contribution in [2.45, 2.75) is 13.0 Å². The average Bonchev–Trinajstić information content (AvgIpc) is 3.25. The fourth-order valence-electron chi connectivity index (χ4n) is 3.60. The van der Waals surface area contributed by atoms with Gasteiger partial charge in [0.15, 0.2) is 17.4 Å². The highest BCUT2D eigenvalue weighted by Crippen LogP contribution is 2.31. The van der Waals surface area contributed by atoms with Crippen LogP contribution in [0, 0.1) is 11.6 Å². The molecule has 2 N–H and O–H groups in total. The maximum absolute atomic E-state index is 14.7. The van der Waals surface area contributed by atoms with Crippen LogP contribution >= 0.6 is 0 Å². The molecule has 0 bridgehead atoms. The van der Waals surface area contributed by atoms with Gasteiger partial charge in [-0.25, -0.2) is 37.5 Å². The lowest BCUT2D eigenvalue weighted by atomic mass is 10.1. The Morgan fingerprint density at radius 1 is 1.05 bits per heavy atom. The second-order valence-corrected chi connectivity index (χ2v) is 7.74. The zero-order valence-electron chi connectivity index (χ0n) is 18.8. The number of hydrogen-bond acceptors (Lipinski definition) is 8. The van der Waals surface area contributed by atoms with Gasteiger partial charge in [-0.1, -0.05) is 18.2 Å². The molecule has 3 heterocycles. The molecule has 0 aliphatic carbocycles. The summed E-state index contributed by atoms with van der Waals surface area (Å²) in [6.07, 6.45) is 1.25. The molecule has 3 aromatic heterocycles. The van der Waals surface area contributed by atoms with Crippen molar-refractivity contribution < 1.29 is 27.4 Å². The Hall–Kier alpha value is -4.81. The standard InChI is InChI=1S/C24H17F4N7O2/c25-16-7-13(37-11-20(27)28)8-17(26)15(16)10-35-18-4-2-1-3-14(18)22(34-35)24-30-9-19(36)23(33-24)32-21-5-6-29-12-31-21/h1-9,12,20,36H,10-11H2,(H,29,30,31,32,33). The van der Waals surface area contributed by atoms with Crippen molar-refractivity contribution in [1.82, 2.24) is 29.7 Å². The summed E-state index contributed by atoms with van der Waals surface area (Å²) in [5.41, 5.74) is 0.511. The third kappa shape index (κ3) is 5.10. The Morgan fingerprint density at radius 3 is 2.57 bits per heavy atom. The molecule has 0 atom stereocenters. The van der Waals surface area contributed by atoms with Gasteiger partial charge < -0.3 is 15.2 Å². The van der Waals surface area contributed by atoms with E-state index in [4.69, 9.17) is 4.74 Å². The van der Waals surface area contributed by atoms with E-state index < -0.39 is 24.7 Å². The van der Waals surface area contributed by atoms with Crippen LogP contribution in [0.1, 0.15) is 5.56 Å². The van der Waals surface area contributed by atoms with Crippen LogP contribution in [-0.4, -0.2) is 47.9 Å². The Kier molecular flexibility index (Phi) is 6.49. The molecule has 0 saturated heterocycles. The number of rotatable bonds is 8. The smallest absolute Gasteiger partial charge is 0.272 e. The number of para-hydroxylation sites is 1. The van der Waals surface area contributed by atoms with Crippen molar-refractivity contribution in [3.63, 3.8) is 0 Å². The highest BCUT2D eigenvalue weighted by atomic mass is 19.3. The Bertz CT molecular complexity index is 1540. The fourth-order valence-corrected chi connectivity index (χ4v) is 3.60.